The highest BCUT2D eigenvalue weighted by atomic mass is 16.1. The fourth-order valence-electron chi connectivity index (χ4n) is 1.40. The van der Waals surface area contributed by atoms with Gasteiger partial charge in [-0.3, -0.25) is 4.79 Å². The van der Waals surface area contributed by atoms with Crippen LogP contribution in [0.3, 0.4) is 0 Å². The van der Waals surface area contributed by atoms with Crippen molar-refractivity contribution in [1.82, 2.24) is 4.98 Å². The van der Waals surface area contributed by atoms with Crippen LogP contribution in [-0.4, -0.2) is 10.8 Å². The Kier molecular flexibility index (Phi) is 2.29. The highest BCUT2D eigenvalue weighted by Gasteiger charge is 2.09. The van der Waals surface area contributed by atoms with Gasteiger partial charge in [-0.15, -0.1) is 0 Å². The predicted octanol–water partition coefficient (Wildman–Crippen LogP) is 2.14. The molecule has 1 heterocycles. The van der Waals surface area contributed by atoms with Gasteiger partial charge in [0, 0.05) is 5.56 Å². The Bertz CT molecular complexity index is 483. The Hall–Kier alpha value is -2.03. The monoisotopic (exact) mass is 200 g/mol. The third kappa shape index (κ3) is 1.91. The van der Waals surface area contributed by atoms with Crippen molar-refractivity contribution < 1.29 is 4.79 Å². The Labute approximate surface area is 87.9 Å². The molecular formula is C12H12N2O. The van der Waals surface area contributed by atoms with Crippen molar-refractivity contribution in [2.75, 3.05) is 5.73 Å². The van der Waals surface area contributed by atoms with Gasteiger partial charge in [-0.1, -0.05) is 29.8 Å². The van der Waals surface area contributed by atoms with E-state index in [2.05, 4.69) is 4.98 Å². The average Bonchev–Trinajstić information content (AvgIpc) is 2.65. The van der Waals surface area contributed by atoms with E-state index in [1.807, 2.05) is 31.2 Å². The van der Waals surface area contributed by atoms with Gasteiger partial charge >= 0.3 is 0 Å². The first-order valence-electron chi connectivity index (χ1n) is 4.72. The fraction of sp³-hybridized carbons (Fsp3) is 0.0833. The van der Waals surface area contributed by atoms with Crippen molar-refractivity contribution in [3.63, 3.8) is 0 Å². The van der Waals surface area contributed by atoms with Crippen LogP contribution in [0.25, 0.3) is 0 Å². The van der Waals surface area contributed by atoms with Crippen molar-refractivity contribution in [2.45, 2.75) is 6.92 Å². The highest BCUT2D eigenvalue weighted by molar-refractivity contribution is 6.08. The largest absolute Gasteiger partial charge is 0.385 e. The number of nitrogens with two attached hydrogens (primary N) is 1. The molecule has 76 valence electrons. The zero-order valence-corrected chi connectivity index (χ0v) is 8.45. The van der Waals surface area contributed by atoms with E-state index in [1.54, 1.807) is 12.1 Å². The molecule has 0 aliphatic rings. The molecule has 0 saturated carbocycles. The van der Waals surface area contributed by atoms with E-state index in [0.717, 1.165) is 5.56 Å². The summed E-state index contributed by atoms with van der Waals surface area (Å²) in [4.78, 5) is 14.7. The van der Waals surface area contributed by atoms with Crippen molar-refractivity contribution in [2.24, 2.45) is 0 Å². The number of nitrogen functional groups attached to an aromatic ring is 1. The number of anilines is 1. The van der Waals surface area contributed by atoms with E-state index in [1.165, 1.54) is 0 Å². The van der Waals surface area contributed by atoms with Crippen LogP contribution >= 0.6 is 0 Å². The summed E-state index contributed by atoms with van der Waals surface area (Å²) < 4.78 is 0. The second-order valence-electron chi connectivity index (χ2n) is 3.52. The second kappa shape index (κ2) is 3.61. The van der Waals surface area contributed by atoms with Crippen LogP contribution < -0.4 is 5.73 Å². The van der Waals surface area contributed by atoms with Gasteiger partial charge in [0.25, 0.3) is 0 Å². The van der Waals surface area contributed by atoms with Crippen LogP contribution in [0.15, 0.2) is 36.4 Å². The molecule has 0 amide bonds. The predicted molar refractivity (Wildman–Crippen MR) is 59.8 cm³/mol. The lowest BCUT2D eigenvalue weighted by Gasteiger charge is -1.98. The number of aromatic nitrogens is 1. The van der Waals surface area contributed by atoms with Crippen LogP contribution in [-0.2, 0) is 0 Å². The molecule has 0 bridgehead atoms. The van der Waals surface area contributed by atoms with E-state index in [-0.39, 0.29) is 5.78 Å². The van der Waals surface area contributed by atoms with E-state index in [9.17, 15) is 4.79 Å². The number of rotatable bonds is 2. The molecular weight excluding hydrogens is 188 g/mol. The molecule has 0 aliphatic carbocycles. The number of carbonyl (C=O) groups is 1. The van der Waals surface area contributed by atoms with Crippen LogP contribution in [0, 0.1) is 6.92 Å². The highest BCUT2D eigenvalue weighted by Crippen LogP contribution is 2.11. The summed E-state index contributed by atoms with van der Waals surface area (Å²) in [6.45, 7) is 1.99. The first-order valence-corrected chi connectivity index (χ1v) is 4.72. The number of aryl methyl sites for hydroxylation is 1. The fourth-order valence-corrected chi connectivity index (χ4v) is 1.40. The second-order valence-corrected chi connectivity index (χ2v) is 3.52. The van der Waals surface area contributed by atoms with Crippen LogP contribution in [0.2, 0.25) is 0 Å². The van der Waals surface area contributed by atoms with Gasteiger partial charge in [0.15, 0.2) is 0 Å². The summed E-state index contributed by atoms with van der Waals surface area (Å²) in [5.74, 6) is 0.470. The SMILES string of the molecule is Cc1ccc(C(=O)c2ccc(N)[nH]2)cc1. The van der Waals surface area contributed by atoms with Crippen molar-refractivity contribution in [3.8, 4) is 0 Å². The number of carbonyl (C=O) groups excluding carboxylic acids is 1. The quantitative estimate of drug-likeness (QED) is 0.729. The van der Waals surface area contributed by atoms with E-state index in [0.29, 0.717) is 17.1 Å². The molecule has 1 aromatic carbocycles. The van der Waals surface area contributed by atoms with Gasteiger partial charge in [-0.2, -0.15) is 0 Å². The molecule has 0 radical (unpaired) electrons. The number of hydrogen-bond acceptors (Lipinski definition) is 2. The van der Waals surface area contributed by atoms with E-state index in [4.69, 9.17) is 5.73 Å². The summed E-state index contributed by atoms with van der Waals surface area (Å²) in [6, 6.07) is 10.8. The lowest BCUT2D eigenvalue weighted by Crippen LogP contribution is -2.01. The number of H-pyrrole nitrogens is 1. The Morgan fingerprint density at radius 3 is 2.33 bits per heavy atom. The first-order chi connectivity index (χ1) is 7.16. The molecule has 3 nitrogen and oxygen atoms in total. The number of aromatic amines is 1. The average molecular weight is 200 g/mol. The molecule has 0 fully saturated rings. The third-order valence-electron chi connectivity index (χ3n) is 2.27. The third-order valence-corrected chi connectivity index (χ3v) is 2.27. The number of nitrogens with one attached hydrogen (secondary N) is 1. The van der Waals surface area contributed by atoms with Gasteiger partial charge in [0.05, 0.1) is 5.69 Å². The number of hydrogen-bond donors (Lipinski definition) is 2. The topological polar surface area (TPSA) is 58.9 Å². The van der Waals surface area contributed by atoms with Crippen LogP contribution in [0.1, 0.15) is 21.6 Å². The summed E-state index contributed by atoms with van der Waals surface area (Å²) >= 11 is 0. The molecule has 0 aliphatic heterocycles. The van der Waals surface area contributed by atoms with Crippen molar-refractivity contribution in [3.05, 3.63) is 53.2 Å². The lowest BCUT2D eigenvalue weighted by molar-refractivity contribution is 0.103. The van der Waals surface area contributed by atoms with E-state index >= 15 is 0 Å². The zero-order chi connectivity index (χ0) is 10.8. The standard InChI is InChI=1S/C12H12N2O/c1-8-2-4-9(5-3-8)12(15)10-6-7-11(13)14-10/h2-7,14H,13H2,1H3. The molecule has 0 spiro atoms. The summed E-state index contributed by atoms with van der Waals surface area (Å²) in [6.07, 6.45) is 0. The molecule has 0 unspecified atom stereocenters. The van der Waals surface area contributed by atoms with Crippen LogP contribution in [0.5, 0.6) is 0 Å². The van der Waals surface area contributed by atoms with Gasteiger partial charge in [0.2, 0.25) is 5.78 Å². The Morgan fingerprint density at radius 1 is 1.13 bits per heavy atom. The maximum atomic E-state index is 11.9. The molecule has 0 atom stereocenters. The maximum absolute atomic E-state index is 11.9. The number of ketones is 1. The van der Waals surface area contributed by atoms with E-state index < -0.39 is 0 Å². The van der Waals surface area contributed by atoms with Gasteiger partial charge in [-0.25, -0.2) is 0 Å². The van der Waals surface area contributed by atoms with Crippen molar-refractivity contribution in [1.29, 1.82) is 0 Å². The molecule has 2 rings (SSSR count). The molecule has 15 heavy (non-hydrogen) atoms. The summed E-state index contributed by atoms with van der Waals surface area (Å²) in [5.41, 5.74) is 7.84. The zero-order valence-electron chi connectivity index (χ0n) is 8.45. The molecule has 3 N–H and O–H groups in total. The minimum Gasteiger partial charge on any atom is -0.385 e. The molecule has 1 aromatic heterocycles. The molecule has 2 aromatic rings. The minimum absolute atomic E-state index is 0.0355. The van der Waals surface area contributed by atoms with Gasteiger partial charge in [0.1, 0.15) is 5.82 Å². The maximum Gasteiger partial charge on any atom is 0.209 e. The lowest BCUT2D eigenvalue weighted by atomic mass is 10.1. The summed E-state index contributed by atoms with van der Waals surface area (Å²) in [7, 11) is 0. The number of benzene rings is 1. The smallest absolute Gasteiger partial charge is 0.209 e. The Balaban J connectivity index is 2.32. The first kappa shape index (κ1) is 9.52. The van der Waals surface area contributed by atoms with Crippen molar-refractivity contribution >= 4 is 11.6 Å². The van der Waals surface area contributed by atoms with Gasteiger partial charge in [-0.05, 0) is 19.1 Å². The summed E-state index contributed by atoms with van der Waals surface area (Å²) in [5, 5.41) is 0. The normalized spacial score (nSPS) is 10.2. The molecule has 3 heteroatoms. The molecule has 0 saturated heterocycles. The van der Waals surface area contributed by atoms with Gasteiger partial charge < -0.3 is 10.7 Å². The minimum atomic E-state index is -0.0355. The van der Waals surface area contributed by atoms with Crippen LogP contribution in [0.4, 0.5) is 5.82 Å². The Morgan fingerprint density at radius 2 is 1.80 bits per heavy atom.